The smallest absolute Gasteiger partial charge is 0.0646 e. The van der Waals surface area contributed by atoms with Gasteiger partial charge in [-0.25, -0.2) is 0 Å². The molecular weight excluding hydrogens is 272 g/mol. The predicted octanol–water partition coefficient (Wildman–Crippen LogP) is 3.85. The summed E-state index contributed by atoms with van der Waals surface area (Å²) in [6.07, 6.45) is 4.77. The summed E-state index contributed by atoms with van der Waals surface area (Å²) in [5.41, 5.74) is 2.73. The van der Waals surface area contributed by atoms with Crippen molar-refractivity contribution in [3.05, 3.63) is 47.5 Å². The number of fused-ring (bicyclic) bond motifs is 2. The molecule has 1 N–H and O–H groups in total. The number of rotatable bonds is 4. The summed E-state index contributed by atoms with van der Waals surface area (Å²) in [6.45, 7) is 7.68. The molecule has 120 valence electrons. The molecule has 1 saturated heterocycles. The molecule has 1 aromatic rings. The predicted molar refractivity (Wildman–Crippen MR) is 89.6 cm³/mol. The highest BCUT2D eigenvalue weighted by molar-refractivity contribution is 5.21. The summed E-state index contributed by atoms with van der Waals surface area (Å²) in [5.74, 6) is 1.31. The van der Waals surface area contributed by atoms with Crippen LogP contribution in [0.2, 0.25) is 0 Å². The standard InChI is InChI=1S/C20H28O2/c1-14-11-15(2)20(12-21)13-22-18(19(14)16(20)3)10-9-17-7-5-4-6-8-17/h4-8,11,15-16,18-19,21H,9-10,12-13H2,1-3H3/t15?,16?,18?,19-,20+/m0/s1. The first-order chi connectivity index (χ1) is 10.6. The molecular formula is C20H28O2. The molecule has 1 fully saturated rings. The number of hydrogen-bond donors (Lipinski definition) is 1. The molecule has 2 heteroatoms. The Hall–Kier alpha value is -1.12. The van der Waals surface area contributed by atoms with Gasteiger partial charge in [-0.2, -0.15) is 0 Å². The van der Waals surface area contributed by atoms with Crippen LogP contribution < -0.4 is 0 Å². The van der Waals surface area contributed by atoms with Crippen molar-refractivity contribution in [2.24, 2.45) is 23.2 Å². The van der Waals surface area contributed by atoms with Gasteiger partial charge in [0.25, 0.3) is 0 Å². The van der Waals surface area contributed by atoms with Gasteiger partial charge in [0, 0.05) is 11.3 Å². The average molecular weight is 300 g/mol. The zero-order chi connectivity index (χ0) is 15.7. The van der Waals surface area contributed by atoms with Crippen LogP contribution in [0.4, 0.5) is 0 Å². The van der Waals surface area contributed by atoms with Crippen molar-refractivity contribution in [3.8, 4) is 0 Å². The maximum Gasteiger partial charge on any atom is 0.0646 e. The van der Waals surface area contributed by atoms with Gasteiger partial charge >= 0.3 is 0 Å². The van der Waals surface area contributed by atoms with Gasteiger partial charge in [0.2, 0.25) is 0 Å². The minimum absolute atomic E-state index is 0.0899. The Labute approximate surface area is 134 Å². The fourth-order valence-corrected chi connectivity index (χ4v) is 4.63. The molecule has 5 atom stereocenters. The summed E-state index contributed by atoms with van der Waals surface area (Å²) in [5, 5.41) is 10.0. The summed E-state index contributed by atoms with van der Waals surface area (Å²) in [4.78, 5) is 0. The van der Waals surface area contributed by atoms with E-state index in [0.29, 0.717) is 24.4 Å². The molecule has 22 heavy (non-hydrogen) atoms. The summed E-state index contributed by atoms with van der Waals surface area (Å²) in [7, 11) is 0. The third-order valence-corrected chi connectivity index (χ3v) is 6.21. The SMILES string of the molecule is CC1=CC(C)[C@@]2(CO)COC(CCc3ccccc3)[C@@H]1C2C. The van der Waals surface area contributed by atoms with E-state index < -0.39 is 0 Å². The van der Waals surface area contributed by atoms with Crippen LogP contribution in [0.1, 0.15) is 32.8 Å². The Morgan fingerprint density at radius 1 is 1.23 bits per heavy atom. The lowest BCUT2D eigenvalue weighted by Gasteiger charge is -2.55. The third kappa shape index (κ3) is 2.53. The van der Waals surface area contributed by atoms with Crippen molar-refractivity contribution in [1.82, 2.24) is 0 Å². The molecule has 2 nitrogen and oxygen atoms in total. The van der Waals surface area contributed by atoms with Crippen LogP contribution in [0.5, 0.6) is 0 Å². The van der Waals surface area contributed by atoms with E-state index in [2.05, 4.69) is 57.2 Å². The van der Waals surface area contributed by atoms with Gasteiger partial charge in [0.05, 0.1) is 19.3 Å². The fraction of sp³-hybridized carbons (Fsp3) is 0.600. The quantitative estimate of drug-likeness (QED) is 0.856. The summed E-state index contributed by atoms with van der Waals surface area (Å²) in [6, 6.07) is 10.6. The van der Waals surface area contributed by atoms with Crippen molar-refractivity contribution < 1.29 is 9.84 Å². The fourth-order valence-electron chi connectivity index (χ4n) is 4.63. The maximum absolute atomic E-state index is 10.0. The van der Waals surface area contributed by atoms with Gasteiger partial charge in [0.1, 0.15) is 0 Å². The maximum atomic E-state index is 10.0. The molecule has 0 saturated carbocycles. The lowest BCUT2D eigenvalue weighted by atomic mass is 9.56. The minimum atomic E-state index is -0.0899. The Bertz CT molecular complexity index is 536. The summed E-state index contributed by atoms with van der Waals surface area (Å²) < 4.78 is 6.27. The van der Waals surface area contributed by atoms with Crippen LogP contribution in [-0.4, -0.2) is 24.4 Å². The number of benzene rings is 1. The van der Waals surface area contributed by atoms with E-state index in [1.165, 1.54) is 11.1 Å². The third-order valence-electron chi connectivity index (χ3n) is 6.21. The molecule has 0 radical (unpaired) electrons. The monoisotopic (exact) mass is 300 g/mol. The minimum Gasteiger partial charge on any atom is -0.396 e. The highest BCUT2D eigenvalue weighted by atomic mass is 16.5. The Morgan fingerprint density at radius 2 is 1.95 bits per heavy atom. The van der Waals surface area contributed by atoms with E-state index in [4.69, 9.17) is 4.74 Å². The van der Waals surface area contributed by atoms with Crippen molar-refractivity contribution in [1.29, 1.82) is 0 Å². The van der Waals surface area contributed by atoms with E-state index in [0.717, 1.165) is 12.8 Å². The van der Waals surface area contributed by atoms with Gasteiger partial charge in [-0.3, -0.25) is 0 Å². The largest absolute Gasteiger partial charge is 0.396 e. The second-order valence-corrected chi connectivity index (χ2v) is 7.28. The topological polar surface area (TPSA) is 29.5 Å². The van der Waals surface area contributed by atoms with Gasteiger partial charge in [-0.05, 0) is 37.2 Å². The molecule has 0 amide bonds. The number of ether oxygens (including phenoxy) is 1. The van der Waals surface area contributed by atoms with Crippen molar-refractivity contribution in [3.63, 3.8) is 0 Å². The van der Waals surface area contributed by atoms with Gasteiger partial charge in [-0.1, -0.05) is 55.8 Å². The highest BCUT2D eigenvalue weighted by Gasteiger charge is 2.52. The number of aryl methyl sites for hydroxylation is 1. The van der Waals surface area contributed by atoms with Crippen molar-refractivity contribution in [2.45, 2.75) is 39.7 Å². The van der Waals surface area contributed by atoms with E-state index in [1.54, 1.807) is 0 Å². The zero-order valence-electron chi connectivity index (χ0n) is 14.0. The number of aliphatic hydroxyl groups is 1. The van der Waals surface area contributed by atoms with Gasteiger partial charge in [-0.15, -0.1) is 0 Å². The second-order valence-electron chi connectivity index (χ2n) is 7.28. The van der Waals surface area contributed by atoms with Crippen LogP contribution in [-0.2, 0) is 11.2 Å². The average Bonchev–Trinajstić information content (AvgIpc) is 2.52. The van der Waals surface area contributed by atoms with Crippen LogP contribution in [0.25, 0.3) is 0 Å². The van der Waals surface area contributed by atoms with Gasteiger partial charge in [0.15, 0.2) is 0 Å². The Morgan fingerprint density at radius 3 is 2.64 bits per heavy atom. The highest BCUT2D eigenvalue weighted by Crippen LogP contribution is 2.52. The second kappa shape index (κ2) is 6.17. The summed E-state index contributed by atoms with van der Waals surface area (Å²) >= 11 is 0. The van der Waals surface area contributed by atoms with E-state index in [-0.39, 0.29) is 18.1 Å². The number of allylic oxidation sites excluding steroid dienone is 1. The Balaban J connectivity index is 1.77. The molecule has 3 unspecified atom stereocenters. The lowest BCUT2D eigenvalue weighted by Crippen LogP contribution is -2.56. The first-order valence-electron chi connectivity index (χ1n) is 8.53. The van der Waals surface area contributed by atoms with E-state index in [1.807, 2.05) is 0 Å². The molecule has 2 bridgehead atoms. The van der Waals surface area contributed by atoms with Gasteiger partial charge < -0.3 is 9.84 Å². The molecule has 0 aromatic heterocycles. The van der Waals surface area contributed by atoms with Crippen LogP contribution in [0.3, 0.4) is 0 Å². The Kier molecular flexibility index (Phi) is 4.42. The van der Waals surface area contributed by atoms with Crippen LogP contribution in [0, 0.1) is 23.2 Å². The zero-order valence-corrected chi connectivity index (χ0v) is 14.0. The molecule has 1 aliphatic heterocycles. The van der Waals surface area contributed by atoms with Crippen LogP contribution >= 0.6 is 0 Å². The molecule has 1 aliphatic carbocycles. The van der Waals surface area contributed by atoms with Crippen LogP contribution in [0.15, 0.2) is 42.0 Å². The first-order valence-corrected chi connectivity index (χ1v) is 8.53. The number of aliphatic hydroxyl groups excluding tert-OH is 1. The van der Waals surface area contributed by atoms with Crippen molar-refractivity contribution >= 4 is 0 Å². The molecule has 1 aromatic carbocycles. The molecule has 0 spiro atoms. The van der Waals surface area contributed by atoms with E-state index >= 15 is 0 Å². The molecule has 2 aliphatic rings. The number of hydrogen-bond acceptors (Lipinski definition) is 2. The van der Waals surface area contributed by atoms with E-state index in [9.17, 15) is 5.11 Å². The lowest BCUT2D eigenvalue weighted by molar-refractivity contribution is -0.164. The van der Waals surface area contributed by atoms with Crippen molar-refractivity contribution in [2.75, 3.05) is 13.2 Å². The molecule has 1 heterocycles. The normalized spacial score (nSPS) is 37.7. The molecule has 3 rings (SSSR count). The first kappa shape index (κ1) is 15.8.